The Balaban J connectivity index is 2.55. The summed E-state index contributed by atoms with van der Waals surface area (Å²) in [6, 6.07) is 15.7. The first-order chi connectivity index (χ1) is 7.86. The molecule has 0 aliphatic carbocycles. The summed E-state index contributed by atoms with van der Waals surface area (Å²) in [5.41, 5.74) is 2.03. The third-order valence-corrected chi connectivity index (χ3v) is 2.09. The van der Waals surface area contributed by atoms with Gasteiger partial charge in [-0.2, -0.15) is 15.0 Å². The molecular weight excluding hydrogens is 198 g/mol. The van der Waals surface area contributed by atoms with Gasteiger partial charge in [0.15, 0.2) is 0 Å². The van der Waals surface area contributed by atoms with Crippen LogP contribution in [0, 0.1) is 6.92 Å². The maximum atomic E-state index is 4.30. The molecule has 0 fully saturated rings. The van der Waals surface area contributed by atoms with Crippen LogP contribution in [0.5, 0.6) is 0 Å². The fourth-order valence-corrected chi connectivity index (χ4v) is 1.27. The van der Waals surface area contributed by atoms with Crippen molar-refractivity contribution in [3.05, 3.63) is 66.5 Å². The quantitative estimate of drug-likeness (QED) is 0.726. The molecule has 16 heavy (non-hydrogen) atoms. The zero-order chi connectivity index (χ0) is 11.2. The summed E-state index contributed by atoms with van der Waals surface area (Å²) in [4.78, 5) is 1.60. The van der Waals surface area contributed by atoms with Gasteiger partial charge in [-0.1, -0.05) is 30.3 Å². The maximum Gasteiger partial charge on any atom is 0.0856 e. The number of aryl methyl sites for hydroxylation is 1. The highest BCUT2D eigenvalue weighted by molar-refractivity contribution is 5.27. The number of para-hydroxylation sites is 1. The van der Waals surface area contributed by atoms with E-state index in [1.54, 1.807) is 17.2 Å². The lowest BCUT2D eigenvalue weighted by atomic mass is 10.3. The van der Waals surface area contributed by atoms with Crippen molar-refractivity contribution in [1.29, 1.82) is 0 Å². The third kappa shape index (κ3) is 2.67. The van der Waals surface area contributed by atoms with Gasteiger partial charge in [0.1, 0.15) is 0 Å². The largest absolute Gasteiger partial charge is 0.159 e. The molecule has 0 saturated carbocycles. The standard InChI is InChI=1S/C13H13N3/c1-12-7-5-6-10-14-16(15-11-12)13-8-3-2-4-9-13/h2-11H,1H3. The predicted octanol–water partition coefficient (Wildman–Crippen LogP) is 2.70. The summed E-state index contributed by atoms with van der Waals surface area (Å²) in [6.45, 7) is 2.00. The van der Waals surface area contributed by atoms with Crippen LogP contribution in [0.15, 0.2) is 60.9 Å². The van der Waals surface area contributed by atoms with E-state index in [0.717, 1.165) is 11.3 Å². The fraction of sp³-hybridized carbons (Fsp3) is 0.0769. The second-order valence-electron chi connectivity index (χ2n) is 3.43. The Morgan fingerprint density at radius 3 is 2.44 bits per heavy atom. The summed E-state index contributed by atoms with van der Waals surface area (Å²) in [6.07, 6.45) is 3.51. The van der Waals surface area contributed by atoms with E-state index in [4.69, 9.17) is 0 Å². The first-order valence-corrected chi connectivity index (χ1v) is 5.13. The molecule has 1 aromatic carbocycles. The Bertz CT molecular complexity index is 502. The molecule has 0 atom stereocenters. The molecule has 3 heteroatoms. The number of hydrogen-bond acceptors (Lipinski definition) is 2. The predicted molar refractivity (Wildman–Crippen MR) is 63.7 cm³/mol. The molecule has 0 saturated heterocycles. The van der Waals surface area contributed by atoms with Crippen LogP contribution >= 0.6 is 0 Å². The minimum Gasteiger partial charge on any atom is -0.159 e. The van der Waals surface area contributed by atoms with Gasteiger partial charge in [-0.15, -0.1) is 0 Å². The minimum absolute atomic E-state index is 0.943. The summed E-state index contributed by atoms with van der Waals surface area (Å²) in [5, 5.41) is 8.53. The normalized spacial score (nSPS) is 9.56. The molecule has 0 aliphatic rings. The van der Waals surface area contributed by atoms with Crippen molar-refractivity contribution in [2.24, 2.45) is 0 Å². The van der Waals surface area contributed by atoms with Crippen LogP contribution in [0.1, 0.15) is 5.56 Å². The highest BCUT2D eigenvalue weighted by Crippen LogP contribution is 2.01. The second-order valence-corrected chi connectivity index (χ2v) is 3.43. The van der Waals surface area contributed by atoms with E-state index in [1.807, 2.05) is 55.5 Å². The number of aromatic nitrogens is 3. The first kappa shape index (κ1) is 10.4. The van der Waals surface area contributed by atoms with Gasteiger partial charge < -0.3 is 0 Å². The lowest BCUT2D eigenvalue weighted by Gasteiger charge is -1.99. The molecule has 80 valence electrons. The third-order valence-electron chi connectivity index (χ3n) is 2.09. The molecule has 1 heterocycles. The fourth-order valence-electron chi connectivity index (χ4n) is 1.27. The number of rotatable bonds is 1. The molecule has 2 aromatic rings. The van der Waals surface area contributed by atoms with Crippen LogP contribution in [0.2, 0.25) is 0 Å². The Morgan fingerprint density at radius 2 is 1.62 bits per heavy atom. The van der Waals surface area contributed by atoms with E-state index in [1.165, 1.54) is 0 Å². The minimum atomic E-state index is 0.943. The van der Waals surface area contributed by atoms with Gasteiger partial charge in [-0.05, 0) is 30.7 Å². The van der Waals surface area contributed by atoms with Crippen molar-refractivity contribution >= 4 is 0 Å². The molecular formula is C13H13N3. The zero-order valence-corrected chi connectivity index (χ0v) is 9.12. The molecule has 1 aromatic heterocycles. The van der Waals surface area contributed by atoms with E-state index in [9.17, 15) is 0 Å². The molecule has 0 spiro atoms. The Labute approximate surface area is 94.7 Å². The number of hydrogen-bond donors (Lipinski definition) is 0. The smallest absolute Gasteiger partial charge is 0.0856 e. The Kier molecular flexibility index (Phi) is 3.28. The highest BCUT2D eigenvalue weighted by atomic mass is 15.4. The van der Waals surface area contributed by atoms with E-state index in [0.29, 0.717) is 0 Å². The summed E-state index contributed by atoms with van der Waals surface area (Å²) in [7, 11) is 0. The molecule has 0 radical (unpaired) electrons. The molecule has 3 nitrogen and oxygen atoms in total. The van der Waals surface area contributed by atoms with Gasteiger partial charge >= 0.3 is 0 Å². The van der Waals surface area contributed by atoms with Crippen LogP contribution in [-0.4, -0.2) is 15.0 Å². The van der Waals surface area contributed by atoms with E-state index < -0.39 is 0 Å². The van der Waals surface area contributed by atoms with E-state index in [-0.39, 0.29) is 0 Å². The van der Waals surface area contributed by atoms with Crippen molar-refractivity contribution in [3.63, 3.8) is 0 Å². The van der Waals surface area contributed by atoms with Gasteiger partial charge in [0, 0.05) is 6.20 Å². The number of benzene rings is 1. The van der Waals surface area contributed by atoms with Crippen LogP contribution in [0.3, 0.4) is 0 Å². The molecule has 0 bridgehead atoms. The van der Waals surface area contributed by atoms with Gasteiger partial charge in [0.25, 0.3) is 0 Å². The second kappa shape index (κ2) is 5.07. The van der Waals surface area contributed by atoms with Gasteiger partial charge in [0.05, 0.1) is 11.9 Å². The lowest BCUT2D eigenvalue weighted by Crippen LogP contribution is -2.01. The zero-order valence-electron chi connectivity index (χ0n) is 9.12. The Hall–Kier alpha value is -2.16. The van der Waals surface area contributed by atoms with Gasteiger partial charge in [-0.25, -0.2) is 0 Å². The van der Waals surface area contributed by atoms with Crippen molar-refractivity contribution in [2.75, 3.05) is 0 Å². The number of nitrogens with zero attached hydrogens (tertiary/aromatic N) is 3. The average Bonchev–Trinajstić information content (AvgIpc) is 2.43. The van der Waals surface area contributed by atoms with E-state index in [2.05, 4.69) is 10.2 Å². The van der Waals surface area contributed by atoms with Crippen molar-refractivity contribution in [2.45, 2.75) is 6.92 Å². The monoisotopic (exact) mass is 211 g/mol. The summed E-state index contributed by atoms with van der Waals surface area (Å²) in [5.74, 6) is 0. The van der Waals surface area contributed by atoms with Crippen LogP contribution < -0.4 is 0 Å². The Morgan fingerprint density at radius 1 is 0.875 bits per heavy atom. The van der Waals surface area contributed by atoms with Crippen LogP contribution in [0.4, 0.5) is 0 Å². The molecule has 0 unspecified atom stereocenters. The van der Waals surface area contributed by atoms with Crippen molar-refractivity contribution in [1.82, 2.24) is 15.0 Å². The van der Waals surface area contributed by atoms with Gasteiger partial charge in [-0.3, -0.25) is 0 Å². The first-order valence-electron chi connectivity index (χ1n) is 5.13. The SMILES string of the molecule is Cc1ccccnn(-c2ccccc2)nc1. The van der Waals surface area contributed by atoms with Crippen molar-refractivity contribution < 1.29 is 0 Å². The van der Waals surface area contributed by atoms with E-state index >= 15 is 0 Å². The molecule has 0 N–H and O–H groups in total. The highest BCUT2D eigenvalue weighted by Gasteiger charge is 1.91. The molecule has 0 aliphatic heterocycles. The molecule has 2 rings (SSSR count). The summed E-state index contributed by atoms with van der Waals surface area (Å²) < 4.78 is 0. The van der Waals surface area contributed by atoms with Crippen LogP contribution in [-0.2, 0) is 0 Å². The molecule has 0 amide bonds. The lowest BCUT2D eigenvalue weighted by molar-refractivity contribution is 0.714. The maximum absolute atomic E-state index is 4.30. The van der Waals surface area contributed by atoms with Crippen molar-refractivity contribution in [3.8, 4) is 5.69 Å². The summed E-state index contributed by atoms with van der Waals surface area (Å²) >= 11 is 0. The van der Waals surface area contributed by atoms with Crippen LogP contribution in [0.25, 0.3) is 5.69 Å². The topological polar surface area (TPSA) is 30.7 Å². The van der Waals surface area contributed by atoms with Gasteiger partial charge in [0.2, 0.25) is 0 Å². The average molecular weight is 211 g/mol.